The second kappa shape index (κ2) is 3.52. The van der Waals surface area contributed by atoms with E-state index in [-0.39, 0.29) is 11.6 Å². The molecule has 1 aliphatic carbocycles. The van der Waals surface area contributed by atoms with Gasteiger partial charge < -0.3 is 5.73 Å². The molecule has 1 aromatic heterocycles. The van der Waals surface area contributed by atoms with Crippen LogP contribution in [0.4, 0.5) is 10.1 Å². The molecule has 3 nitrogen and oxygen atoms in total. The molecule has 0 amide bonds. The Morgan fingerprint density at radius 1 is 1.29 bits per heavy atom. The standard InChI is InChI=1S/C13H11FN2O/c14-7-4-5-8-10(6-7)16-9-2-1-3-11(17)12(9)13(8)15/h4-6H,1-3H2,(H2,15,16). The lowest BCUT2D eigenvalue weighted by Gasteiger charge is -2.17. The minimum absolute atomic E-state index is 0.0440. The summed E-state index contributed by atoms with van der Waals surface area (Å²) in [6, 6.07) is 4.26. The number of rotatable bonds is 0. The number of ketones is 1. The van der Waals surface area contributed by atoms with Gasteiger partial charge in [0, 0.05) is 17.9 Å². The molecule has 0 radical (unpaired) electrons. The van der Waals surface area contributed by atoms with Gasteiger partial charge in [0.15, 0.2) is 5.78 Å². The molecule has 3 rings (SSSR count). The number of fused-ring (bicyclic) bond motifs is 2. The van der Waals surface area contributed by atoms with E-state index in [0.29, 0.717) is 34.3 Å². The molecule has 1 heterocycles. The maximum Gasteiger partial charge on any atom is 0.166 e. The number of aromatic nitrogens is 1. The first-order chi connectivity index (χ1) is 8.16. The van der Waals surface area contributed by atoms with E-state index < -0.39 is 0 Å². The molecule has 0 unspecified atom stereocenters. The summed E-state index contributed by atoms with van der Waals surface area (Å²) >= 11 is 0. The summed E-state index contributed by atoms with van der Waals surface area (Å²) in [4.78, 5) is 16.2. The molecule has 86 valence electrons. The number of halogens is 1. The zero-order valence-electron chi connectivity index (χ0n) is 9.16. The van der Waals surface area contributed by atoms with Crippen molar-refractivity contribution in [1.82, 2.24) is 4.98 Å². The summed E-state index contributed by atoms with van der Waals surface area (Å²) in [6.45, 7) is 0. The minimum Gasteiger partial charge on any atom is -0.398 e. The summed E-state index contributed by atoms with van der Waals surface area (Å²) in [5.74, 6) is -0.297. The summed E-state index contributed by atoms with van der Waals surface area (Å²) in [5, 5.41) is 0.653. The molecule has 0 atom stereocenters. The highest BCUT2D eigenvalue weighted by atomic mass is 19.1. The first kappa shape index (κ1) is 10.2. The van der Waals surface area contributed by atoms with Gasteiger partial charge in [0.2, 0.25) is 0 Å². The molecule has 4 heteroatoms. The average Bonchev–Trinajstić information content (AvgIpc) is 2.28. The molecule has 2 N–H and O–H groups in total. The fourth-order valence-corrected chi connectivity index (χ4v) is 2.35. The van der Waals surface area contributed by atoms with Crippen molar-refractivity contribution >= 4 is 22.4 Å². The van der Waals surface area contributed by atoms with Crippen LogP contribution >= 0.6 is 0 Å². The van der Waals surface area contributed by atoms with E-state index in [2.05, 4.69) is 4.98 Å². The highest BCUT2D eigenvalue weighted by Crippen LogP contribution is 2.31. The maximum absolute atomic E-state index is 13.1. The van der Waals surface area contributed by atoms with Gasteiger partial charge in [-0.15, -0.1) is 0 Å². The molecule has 0 bridgehead atoms. The quantitative estimate of drug-likeness (QED) is 0.756. The van der Waals surface area contributed by atoms with E-state index >= 15 is 0 Å². The summed E-state index contributed by atoms with van der Waals surface area (Å²) in [6.07, 6.45) is 2.04. The van der Waals surface area contributed by atoms with E-state index in [1.54, 1.807) is 6.07 Å². The van der Waals surface area contributed by atoms with Crippen molar-refractivity contribution in [2.24, 2.45) is 0 Å². The van der Waals surface area contributed by atoms with Crippen LogP contribution < -0.4 is 5.73 Å². The Kier molecular flexibility index (Phi) is 2.11. The van der Waals surface area contributed by atoms with Crippen LogP contribution in [0, 0.1) is 5.82 Å². The van der Waals surface area contributed by atoms with Crippen molar-refractivity contribution in [3.8, 4) is 0 Å². The summed E-state index contributed by atoms with van der Waals surface area (Å²) in [7, 11) is 0. The van der Waals surface area contributed by atoms with Crippen LogP contribution in [-0.2, 0) is 6.42 Å². The third-order valence-corrected chi connectivity index (χ3v) is 3.16. The van der Waals surface area contributed by atoms with Crippen LogP contribution in [0.2, 0.25) is 0 Å². The number of benzene rings is 1. The number of pyridine rings is 1. The largest absolute Gasteiger partial charge is 0.398 e. The van der Waals surface area contributed by atoms with Gasteiger partial charge in [-0.1, -0.05) is 0 Å². The van der Waals surface area contributed by atoms with E-state index in [9.17, 15) is 9.18 Å². The third-order valence-electron chi connectivity index (χ3n) is 3.16. The molecule has 1 aromatic carbocycles. The van der Waals surface area contributed by atoms with Crippen LogP contribution in [0.3, 0.4) is 0 Å². The highest BCUT2D eigenvalue weighted by molar-refractivity contribution is 6.09. The molecule has 1 aliphatic rings. The smallest absolute Gasteiger partial charge is 0.166 e. The fraction of sp³-hybridized carbons (Fsp3) is 0.231. The molecular weight excluding hydrogens is 219 g/mol. The number of nitrogen functional groups attached to an aromatic ring is 1. The van der Waals surface area contributed by atoms with Crippen LogP contribution in [0.5, 0.6) is 0 Å². The number of anilines is 1. The predicted molar refractivity (Wildman–Crippen MR) is 63.4 cm³/mol. The van der Waals surface area contributed by atoms with Gasteiger partial charge in [0.05, 0.1) is 22.5 Å². The molecule has 0 fully saturated rings. The number of hydrogen-bond acceptors (Lipinski definition) is 3. The SMILES string of the molecule is Nc1c2c(nc3cc(F)ccc13)CCCC2=O. The molecule has 2 aromatic rings. The van der Waals surface area contributed by atoms with Gasteiger partial charge in [-0.3, -0.25) is 9.78 Å². The van der Waals surface area contributed by atoms with E-state index in [4.69, 9.17) is 5.73 Å². The summed E-state index contributed by atoms with van der Waals surface area (Å²) < 4.78 is 13.1. The number of carbonyl (C=O) groups excluding carboxylic acids is 1. The molecule has 17 heavy (non-hydrogen) atoms. The number of nitrogens with two attached hydrogens (primary N) is 1. The van der Waals surface area contributed by atoms with Gasteiger partial charge >= 0.3 is 0 Å². The van der Waals surface area contributed by atoms with Gasteiger partial charge in [-0.05, 0) is 25.0 Å². The van der Waals surface area contributed by atoms with Gasteiger partial charge in [-0.25, -0.2) is 4.39 Å². The molecule has 0 aliphatic heterocycles. The van der Waals surface area contributed by atoms with Crippen molar-refractivity contribution in [3.63, 3.8) is 0 Å². The number of aryl methyl sites for hydroxylation is 1. The van der Waals surface area contributed by atoms with Gasteiger partial charge in [0.25, 0.3) is 0 Å². The van der Waals surface area contributed by atoms with Crippen molar-refractivity contribution in [2.45, 2.75) is 19.3 Å². The second-order valence-electron chi connectivity index (χ2n) is 4.29. The van der Waals surface area contributed by atoms with Gasteiger partial charge in [-0.2, -0.15) is 0 Å². The van der Waals surface area contributed by atoms with Crippen LogP contribution in [-0.4, -0.2) is 10.8 Å². The van der Waals surface area contributed by atoms with Crippen molar-refractivity contribution in [2.75, 3.05) is 5.73 Å². The van der Waals surface area contributed by atoms with Crippen molar-refractivity contribution < 1.29 is 9.18 Å². The molecule has 0 saturated carbocycles. The lowest BCUT2D eigenvalue weighted by atomic mass is 9.92. The van der Waals surface area contributed by atoms with E-state index in [1.165, 1.54) is 12.1 Å². The van der Waals surface area contributed by atoms with E-state index in [0.717, 1.165) is 12.8 Å². The Morgan fingerprint density at radius 2 is 2.12 bits per heavy atom. The monoisotopic (exact) mass is 230 g/mol. The number of hydrogen-bond donors (Lipinski definition) is 1. The lowest BCUT2D eigenvalue weighted by molar-refractivity contribution is 0.0973. The van der Waals surface area contributed by atoms with Gasteiger partial charge in [0.1, 0.15) is 5.82 Å². The Balaban J connectivity index is 2.39. The molecule has 0 spiro atoms. The minimum atomic E-state index is -0.341. The number of carbonyl (C=O) groups is 1. The Bertz CT molecular complexity index is 637. The van der Waals surface area contributed by atoms with Crippen LogP contribution in [0.25, 0.3) is 10.9 Å². The molecular formula is C13H11FN2O. The maximum atomic E-state index is 13.1. The first-order valence-electron chi connectivity index (χ1n) is 5.57. The first-order valence-corrected chi connectivity index (χ1v) is 5.57. The number of nitrogens with zero attached hydrogens (tertiary/aromatic N) is 1. The zero-order chi connectivity index (χ0) is 12.0. The number of Topliss-reactive ketones (excluding diaryl/α,β-unsaturated/α-hetero) is 1. The van der Waals surface area contributed by atoms with Crippen LogP contribution in [0.15, 0.2) is 18.2 Å². The average molecular weight is 230 g/mol. The Morgan fingerprint density at radius 3 is 2.94 bits per heavy atom. The Hall–Kier alpha value is -1.97. The van der Waals surface area contributed by atoms with Crippen molar-refractivity contribution in [1.29, 1.82) is 0 Å². The molecule has 0 saturated heterocycles. The Labute approximate surface area is 97.5 Å². The topological polar surface area (TPSA) is 56.0 Å². The second-order valence-corrected chi connectivity index (χ2v) is 4.29. The third kappa shape index (κ3) is 1.48. The van der Waals surface area contributed by atoms with Crippen molar-refractivity contribution in [3.05, 3.63) is 35.3 Å². The fourth-order valence-electron chi connectivity index (χ4n) is 2.35. The highest BCUT2D eigenvalue weighted by Gasteiger charge is 2.22. The predicted octanol–water partition coefficient (Wildman–Crippen LogP) is 2.48. The van der Waals surface area contributed by atoms with Crippen LogP contribution in [0.1, 0.15) is 28.9 Å². The summed E-state index contributed by atoms with van der Waals surface area (Å²) in [5.41, 5.74) is 8.20. The normalized spacial score (nSPS) is 15.0. The zero-order valence-corrected chi connectivity index (χ0v) is 9.16. The lowest BCUT2D eigenvalue weighted by Crippen LogP contribution is -2.15. The van der Waals surface area contributed by atoms with E-state index in [1.807, 2.05) is 0 Å².